The fourth-order valence-electron chi connectivity index (χ4n) is 7.04. The van der Waals surface area contributed by atoms with Gasteiger partial charge in [0.1, 0.15) is 11.2 Å². The third-order valence-electron chi connectivity index (χ3n) is 8.81. The predicted octanol–water partition coefficient (Wildman–Crippen LogP) is 11.6. The van der Waals surface area contributed by atoms with Gasteiger partial charge >= 0.3 is 0 Å². The molecule has 0 radical (unpaired) electrons. The van der Waals surface area contributed by atoms with Crippen LogP contribution in [0.3, 0.4) is 0 Å². The summed E-state index contributed by atoms with van der Waals surface area (Å²) in [7, 11) is 0. The summed E-state index contributed by atoms with van der Waals surface area (Å²) in [6.07, 6.45) is 0.984. The Morgan fingerprint density at radius 1 is 0.500 bits per heavy atom. The zero-order chi connectivity index (χ0) is 27.6. The fourth-order valence-corrected chi connectivity index (χ4v) is 8.39. The van der Waals surface area contributed by atoms with Crippen molar-refractivity contribution in [3.8, 4) is 22.3 Å². The zero-order valence-corrected chi connectivity index (χ0v) is 23.7. The SMILES string of the molecule is c1ccc(-c2c3ccccc3c(-c3c4c(cc5oc6ccccc6c35)SC(c3ccccc3)C4)c3ccccc23)cc1. The monoisotopic (exact) mass is 554 g/mol. The number of rotatable bonds is 3. The lowest BCUT2D eigenvalue weighted by atomic mass is 9.82. The average molecular weight is 555 g/mol. The Hall–Kier alpha value is -4.79. The van der Waals surface area contributed by atoms with Crippen molar-refractivity contribution in [2.45, 2.75) is 16.6 Å². The van der Waals surface area contributed by atoms with Crippen LogP contribution in [0, 0.1) is 0 Å². The molecule has 0 spiro atoms. The van der Waals surface area contributed by atoms with E-state index < -0.39 is 0 Å². The quantitative estimate of drug-likeness (QED) is 0.202. The van der Waals surface area contributed by atoms with Gasteiger partial charge < -0.3 is 4.42 Å². The van der Waals surface area contributed by atoms with Gasteiger partial charge in [0.25, 0.3) is 0 Å². The molecular formula is C40H26OS. The first-order valence-corrected chi connectivity index (χ1v) is 15.4. The van der Waals surface area contributed by atoms with Gasteiger partial charge in [-0.05, 0) is 73.5 Å². The molecule has 2 heterocycles. The molecule has 0 saturated carbocycles. The molecule has 0 N–H and O–H groups in total. The second-order valence-corrected chi connectivity index (χ2v) is 12.4. The van der Waals surface area contributed by atoms with Crippen LogP contribution in [0.25, 0.3) is 65.7 Å². The Morgan fingerprint density at radius 2 is 1.05 bits per heavy atom. The lowest BCUT2D eigenvalue weighted by Gasteiger charge is -2.20. The number of benzene rings is 7. The van der Waals surface area contributed by atoms with E-state index in [0.29, 0.717) is 5.25 Å². The maximum Gasteiger partial charge on any atom is 0.137 e. The first kappa shape index (κ1) is 23.9. The number of para-hydroxylation sites is 1. The third kappa shape index (κ3) is 3.52. The third-order valence-corrected chi connectivity index (χ3v) is 10.1. The van der Waals surface area contributed by atoms with Crippen molar-refractivity contribution >= 4 is 55.2 Å². The molecule has 42 heavy (non-hydrogen) atoms. The highest BCUT2D eigenvalue weighted by Gasteiger charge is 2.31. The van der Waals surface area contributed by atoms with Crippen molar-refractivity contribution < 1.29 is 4.42 Å². The maximum absolute atomic E-state index is 6.58. The number of hydrogen-bond donors (Lipinski definition) is 0. The van der Waals surface area contributed by atoms with Crippen molar-refractivity contribution in [1.29, 1.82) is 0 Å². The van der Waals surface area contributed by atoms with Crippen LogP contribution >= 0.6 is 11.8 Å². The minimum atomic E-state index is 0.374. The molecule has 0 fully saturated rings. The number of fused-ring (bicyclic) bond motifs is 6. The van der Waals surface area contributed by atoms with Gasteiger partial charge in [0, 0.05) is 20.9 Å². The van der Waals surface area contributed by atoms with E-state index in [1.807, 2.05) is 11.8 Å². The zero-order valence-electron chi connectivity index (χ0n) is 22.9. The summed E-state index contributed by atoms with van der Waals surface area (Å²) < 4.78 is 6.58. The Balaban J connectivity index is 1.45. The molecule has 1 nitrogen and oxygen atoms in total. The van der Waals surface area contributed by atoms with E-state index in [2.05, 4.69) is 140 Å². The summed E-state index contributed by atoms with van der Waals surface area (Å²) in [5.41, 5.74) is 9.88. The molecule has 0 saturated heterocycles. The topological polar surface area (TPSA) is 13.1 Å². The highest BCUT2D eigenvalue weighted by atomic mass is 32.2. The van der Waals surface area contributed by atoms with Crippen LogP contribution in [0.4, 0.5) is 0 Å². The normalized spacial score (nSPS) is 14.7. The molecule has 0 amide bonds. The van der Waals surface area contributed by atoms with E-state index in [4.69, 9.17) is 4.42 Å². The molecule has 1 aromatic heterocycles. The lowest BCUT2D eigenvalue weighted by Crippen LogP contribution is -1.97. The van der Waals surface area contributed by atoms with Crippen LogP contribution in [0.2, 0.25) is 0 Å². The summed E-state index contributed by atoms with van der Waals surface area (Å²) in [5.74, 6) is 0. The van der Waals surface area contributed by atoms with Gasteiger partial charge in [0.2, 0.25) is 0 Å². The van der Waals surface area contributed by atoms with Gasteiger partial charge in [-0.15, -0.1) is 11.8 Å². The molecule has 8 aromatic rings. The first-order chi connectivity index (χ1) is 20.8. The Kier molecular flexibility index (Phi) is 5.33. The van der Waals surface area contributed by atoms with Gasteiger partial charge in [-0.25, -0.2) is 0 Å². The molecule has 7 aromatic carbocycles. The van der Waals surface area contributed by atoms with E-state index in [0.717, 1.165) is 17.6 Å². The molecular weight excluding hydrogens is 529 g/mol. The maximum atomic E-state index is 6.58. The van der Waals surface area contributed by atoms with Gasteiger partial charge in [0.05, 0.1) is 0 Å². The summed E-state index contributed by atoms with van der Waals surface area (Å²) in [6.45, 7) is 0. The molecule has 1 aliphatic heterocycles. The van der Waals surface area contributed by atoms with Crippen LogP contribution in [0.1, 0.15) is 16.4 Å². The van der Waals surface area contributed by atoms with E-state index in [1.165, 1.54) is 70.6 Å². The molecule has 1 atom stereocenters. The van der Waals surface area contributed by atoms with Crippen molar-refractivity contribution in [3.63, 3.8) is 0 Å². The highest BCUT2D eigenvalue weighted by molar-refractivity contribution is 7.99. The smallest absolute Gasteiger partial charge is 0.137 e. The van der Waals surface area contributed by atoms with E-state index in [-0.39, 0.29) is 0 Å². The predicted molar refractivity (Wildman–Crippen MR) is 178 cm³/mol. The summed E-state index contributed by atoms with van der Waals surface area (Å²) in [4.78, 5) is 1.32. The van der Waals surface area contributed by atoms with Crippen LogP contribution in [0.15, 0.2) is 149 Å². The van der Waals surface area contributed by atoms with E-state index in [9.17, 15) is 0 Å². The van der Waals surface area contributed by atoms with Gasteiger partial charge in [0.15, 0.2) is 0 Å². The number of furan rings is 1. The van der Waals surface area contributed by atoms with Crippen LogP contribution in [-0.4, -0.2) is 0 Å². The van der Waals surface area contributed by atoms with Crippen LogP contribution < -0.4 is 0 Å². The average Bonchev–Trinajstić information content (AvgIpc) is 3.65. The molecule has 198 valence electrons. The van der Waals surface area contributed by atoms with Crippen molar-refractivity contribution in [3.05, 3.63) is 151 Å². The highest BCUT2D eigenvalue weighted by Crippen LogP contribution is 2.55. The van der Waals surface area contributed by atoms with Gasteiger partial charge in [-0.1, -0.05) is 127 Å². The molecule has 1 aliphatic rings. The van der Waals surface area contributed by atoms with Crippen LogP contribution in [-0.2, 0) is 6.42 Å². The molecule has 1 unspecified atom stereocenters. The largest absolute Gasteiger partial charge is 0.456 e. The van der Waals surface area contributed by atoms with Crippen molar-refractivity contribution in [1.82, 2.24) is 0 Å². The van der Waals surface area contributed by atoms with Crippen LogP contribution in [0.5, 0.6) is 0 Å². The Labute approximate surface area is 248 Å². The minimum absolute atomic E-state index is 0.374. The molecule has 0 bridgehead atoms. The van der Waals surface area contributed by atoms with Gasteiger partial charge in [-0.3, -0.25) is 0 Å². The second kappa shape index (κ2) is 9.37. The number of hydrogen-bond acceptors (Lipinski definition) is 2. The summed E-state index contributed by atoms with van der Waals surface area (Å²) in [6, 6.07) is 50.5. The minimum Gasteiger partial charge on any atom is -0.456 e. The Morgan fingerprint density at radius 3 is 1.71 bits per heavy atom. The van der Waals surface area contributed by atoms with Crippen molar-refractivity contribution in [2.24, 2.45) is 0 Å². The molecule has 2 heteroatoms. The summed E-state index contributed by atoms with van der Waals surface area (Å²) in [5, 5.41) is 7.90. The number of thioether (sulfide) groups is 1. The van der Waals surface area contributed by atoms with E-state index in [1.54, 1.807) is 0 Å². The van der Waals surface area contributed by atoms with Crippen molar-refractivity contribution in [2.75, 3.05) is 0 Å². The fraction of sp³-hybridized carbons (Fsp3) is 0.0500. The lowest BCUT2D eigenvalue weighted by molar-refractivity contribution is 0.667. The second-order valence-electron chi connectivity index (χ2n) is 11.1. The molecule has 9 rings (SSSR count). The summed E-state index contributed by atoms with van der Waals surface area (Å²) >= 11 is 1.97. The first-order valence-electron chi connectivity index (χ1n) is 14.5. The molecule has 0 aliphatic carbocycles. The van der Waals surface area contributed by atoms with Gasteiger partial charge in [-0.2, -0.15) is 0 Å². The Bertz CT molecular complexity index is 2240. The standard InChI is InChI=1S/C40H26OS/c1-3-13-25(14-4-1)35-23-32-36(42-35)24-34-39(31-21-11-12-22-33(31)41-34)40(32)38-29-19-9-7-17-27(29)37(26-15-5-2-6-16-26)28-18-8-10-20-30(28)38/h1-22,24,35H,23H2. The van der Waals surface area contributed by atoms with E-state index >= 15 is 0 Å².